The Labute approximate surface area is 113 Å². The molecule has 5 N–H and O–H groups in total. The predicted octanol–water partition coefficient (Wildman–Crippen LogP) is 1.90. The molecule has 0 atom stereocenters. The highest BCUT2D eigenvalue weighted by molar-refractivity contribution is 7.98. The van der Waals surface area contributed by atoms with Gasteiger partial charge in [-0.15, -0.1) is 11.8 Å². The summed E-state index contributed by atoms with van der Waals surface area (Å²) in [6.45, 7) is 0. The molecule has 0 aliphatic carbocycles. The van der Waals surface area contributed by atoms with Gasteiger partial charge in [-0.3, -0.25) is 10.2 Å². The van der Waals surface area contributed by atoms with Gasteiger partial charge >= 0.3 is 5.91 Å². The molecule has 0 saturated carbocycles. The van der Waals surface area contributed by atoms with Gasteiger partial charge in [0.1, 0.15) is 11.6 Å². The maximum Gasteiger partial charge on any atom is 0.300 e. The fourth-order valence-electron chi connectivity index (χ4n) is 1.45. The molecule has 1 aromatic heterocycles. The van der Waals surface area contributed by atoms with Gasteiger partial charge in [0.05, 0.1) is 5.75 Å². The maximum absolute atomic E-state index is 12.9. The molecule has 100 valence electrons. The molecule has 19 heavy (non-hydrogen) atoms. The monoisotopic (exact) mass is 281 g/mol. The zero-order chi connectivity index (χ0) is 13.8. The summed E-state index contributed by atoms with van der Waals surface area (Å²) < 4.78 is 18.2. The summed E-state index contributed by atoms with van der Waals surface area (Å²) in [7, 11) is 0. The lowest BCUT2D eigenvalue weighted by molar-refractivity contribution is 0.0924. The molecule has 5 nitrogen and oxygen atoms in total. The normalized spacial score (nSPS) is 10.4. The average Bonchev–Trinajstić information content (AvgIpc) is 2.85. The number of hydrogen-bond acceptors (Lipinski definition) is 5. The summed E-state index contributed by atoms with van der Waals surface area (Å²) in [5.74, 6) is 5.36. The van der Waals surface area contributed by atoms with Crippen LogP contribution in [0.1, 0.15) is 16.3 Å². The maximum atomic E-state index is 12.9. The van der Waals surface area contributed by atoms with Crippen molar-refractivity contribution < 1.29 is 13.6 Å². The van der Waals surface area contributed by atoms with Crippen molar-refractivity contribution in [1.82, 2.24) is 5.43 Å². The van der Waals surface area contributed by atoms with Crippen LogP contribution in [0.3, 0.4) is 0 Å². The second kappa shape index (κ2) is 5.77. The highest BCUT2D eigenvalue weighted by Gasteiger charge is 2.10. The van der Waals surface area contributed by atoms with E-state index in [-0.39, 0.29) is 11.6 Å². The first-order valence-electron chi connectivity index (χ1n) is 5.37. The number of hydrazine groups is 1. The van der Waals surface area contributed by atoms with E-state index >= 15 is 0 Å². The van der Waals surface area contributed by atoms with Crippen LogP contribution in [-0.4, -0.2) is 5.91 Å². The van der Waals surface area contributed by atoms with Crippen molar-refractivity contribution in [3.8, 4) is 0 Å². The topological polar surface area (TPSA) is 94.3 Å². The second-order valence-corrected chi connectivity index (χ2v) is 4.73. The number of carbonyl (C=O) groups is 1. The van der Waals surface area contributed by atoms with Crippen molar-refractivity contribution in [2.24, 2.45) is 5.84 Å². The van der Waals surface area contributed by atoms with Crippen LogP contribution in [0.5, 0.6) is 0 Å². The van der Waals surface area contributed by atoms with Gasteiger partial charge in [0.15, 0.2) is 5.76 Å². The Kier molecular flexibility index (Phi) is 4.08. The number of nitrogens with two attached hydrogens (primary N) is 2. The molecule has 0 radical (unpaired) electrons. The first kappa shape index (κ1) is 13.4. The Balaban J connectivity index is 2.02. The van der Waals surface area contributed by atoms with Gasteiger partial charge < -0.3 is 10.2 Å². The number of rotatable bonds is 4. The standard InChI is InChI=1S/C12H12FN3O2S/c13-7-1-4-11(9(14)5-7)19-6-8-2-3-10(18-8)12(17)16-15/h1-5H,6,14-15H2,(H,16,17). The minimum absolute atomic E-state index is 0.144. The van der Waals surface area contributed by atoms with Gasteiger partial charge in [0.2, 0.25) is 0 Å². The first-order chi connectivity index (χ1) is 9.10. The number of hydrogen-bond donors (Lipinski definition) is 3. The van der Waals surface area contributed by atoms with E-state index in [9.17, 15) is 9.18 Å². The van der Waals surface area contributed by atoms with Crippen molar-refractivity contribution in [2.75, 3.05) is 5.73 Å². The molecule has 2 aromatic rings. The van der Waals surface area contributed by atoms with Crippen molar-refractivity contribution in [3.05, 3.63) is 47.7 Å². The summed E-state index contributed by atoms with van der Waals surface area (Å²) in [6.07, 6.45) is 0. The van der Waals surface area contributed by atoms with Gasteiger partial charge in [-0.2, -0.15) is 0 Å². The molecule has 2 rings (SSSR count). The molecule has 1 heterocycles. The fourth-order valence-corrected chi connectivity index (χ4v) is 2.29. The highest BCUT2D eigenvalue weighted by Crippen LogP contribution is 2.29. The van der Waals surface area contributed by atoms with Crippen molar-refractivity contribution >= 4 is 23.4 Å². The number of anilines is 1. The molecule has 0 aliphatic heterocycles. The summed E-state index contributed by atoms with van der Waals surface area (Å²) in [5, 5.41) is 0. The van der Waals surface area contributed by atoms with Crippen LogP contribution in [0.25, 0.3) is 0 Å². The van der Waals surface area contributed by atoms with E-state index in [1.165, 1.54) is 30.0 Å². The Morgan fingerprint density at radius 3 is 2.84 bits per heavy atom. The highest BCUT2D eigenvalue weighted by atomic mass is 32.2. The van der Waals surface area contributed by atoms with Crippen LogP contribution in [0.2, 0.25) is 0 Å². The van der Waals surface area contributed by atoms with Crippen LogP contribution in [0.4, 0.5) is 10.1 Å². The number of nitrogens with one attached hydrogen (secondary N) is 1. The van der Waals surface area contributed by atoms with E-state index in [0.29, 0.717) is 17.2 Å². The smallest absolute Gasteiger partial charge is 0.300 e. The largest absolute Gasteiger partial charge is 0.455 e. The van der Waals surface area contributed by atoms with Crippen molar-refractivity contribution in [2.45, 2.75) is 10.6 Å². The number of nitrogen functional groups attached to an aromatic ring is 2. The second-order valence-electron chi connectivity index (χ2n) is 3.71. The molecule has 0 unspecified atom stereocenters. The molecule has 0 saturated heterocycles. The van der Waals surface area contributed by atoms with Gasteiger partial charge in [0.25, 0.3) is 0 Å². The van der Waals surface area contributed by atoms with E-state index in [0.717, 1.165) is 4.90 Å². The molecular formula is C12H12FN3O2S. The number of furan rings is 1. The van der Waals surface area contributed by atoms with Gasteiger partial charge in [-0.05, 0) is 30.3 Å². The predicted molar refractivity (Wildman–Crippen MR) is 70.7 cm³/mol. The third-order valence-corrected chi connectivity index (χ3v) is 3.47. The quantitative estimate of drug-likeness (QED) is 0.261. The first-order valence-corrected chi connectivity index (χ1v) is 6.36. The fraction of sp³-hybridized carbons (Fsp3) is 0.0833. The lowest BCUT2D eigenvalue weighted by Crippen LogP contribution is -2.29. The molecule has 0 bridgehead atoms. The van der Waals surface area contributed by atoms with E-state index < -0.39 is 5.91 Å². The lowest BCUT2D eigenvalue weighted by Gasteiger charge is -2.03. The summed E-state index contributed by atoms with van der Waals surface area (Å²) in [6, 6.07) is 7.42. The summed E-state index contributed by atoms with van der Waals surface area (Å²) in [5.41, 5.74) is 8.04. The third-order valence-electron chi connectivity index (χ3n) is 2.36. The zero-order valence-corrected chi connectivity index (χ0v) is 10.7. The molecule has 0 aliphatic rings. The molecule has 0 spiro atoms. The molecular weight excluding hydrogens is 269 g/mol. The summed E-state index contributed by atoms with van der Waals surface area (Å²) in [4.78, 5) is 11.9. The number of halogens is 1. The van der Waals surface area contributed by atoms with Gasteiger partial charge in [0, 0.05) is 10.6 Å². The van der Waals surface area contributed by atoms with Crippen molar-refractivity contribution in [3.63, 3.8) is 0 Å². The van der Waals surface area contributed by atoms with Crippen LogP contribution in [-0.2, 0) is 5.75 Å². The molecule has 7 heteroatoms. The minimum atomic E-state index is -0.488. The Morgan fingerprint density at radius 1 is 1.37 bits per heavy atom. The van der Waals surface area contributed by atoms with E-state index in [4.69, 9.17) is 16.0 Å². The van der Waals surface area contributed by atoms with Crippen LogP contribution >= 0.6 is 11.8 Å². The Morgan fingerprint density at radius 2 is 2.16 bits per heavy atom. The number of thioether (sulfide) groups is 1. The SMILES string of the molecule is NNC(=O)c1ccc(CSc2ccc(F)cc2N)o1. The third kappa shape index (κ3) is 3.27. The summed E-state index contributed by atoms with van der Waals surface area (Å²) >= 11 is 1.39. The van der Waals surface area contributed by atoms with Gasteiger partial charge in [-0.25, -0.2) is 10.2 Å². The molecule has 1 aromatic carbocycles. The Hall–Kier alpha value is -1.99. The average molecular weight is 281 g/mol. The number of benzene rings is 1. The van der Waals surface area contributed by atoms with Crippen molar-refractivity contribution in [1.29, 1.82) is 0 Å². The van der Waals surface area contributed by atoms with E-state index in [2.05, 4.69) is 0 Å². The number of amides is 1. The van der Waals surface area contributed by atoms with Crippen LogP contribution < -0.4 is 17.0 Å². The van der Waals surface area contributed by atoms with Crippen LogP contribution in [0, 0.1) is 5.82 Å². The zero-order valence-electron chi connectivity index (χ0n) is 9.85. The lowest BCUT2D eigenvalue weighted by atomic mass is 10.3. The molecule has 0 fully saturated rings. The van der Waals surface area contributed by atoms with Gasteiger partial charge in [-0.1, -0.05) is 0 Å². The Bertz CT molecular complexity index is 600. The minimum Gasteiger partial charge on any atom is -0.455 e. The van der Waals surface area contributed by atoms with Crippen LogP contribution in [0.15, 0.2) is 39.6 Å². The number of carbonyl (C=O) groups excluding carboxylic acids is 1. The molecule has 1 amide bonds. The van der Waals surface area contributed by atoms with E-state index in [1.54, 1.807) is 12.1 Å². The van der Waals surface area contributed by atoms with E-state index in [1.807, 2.05) is 5.43 Å².